The SMILES string of the molecule is COc1ccc(N2C(=O)C(=CC(C)=NOC(N)CCCCCCCc3ccccc3)C2c2ccccc2)cc1. The maximum atomic E-state index is 13.2. The number of aryl methyl sites for hydroxylation is 1. The molecule has 2 unspecified atom stereocenters. The Balaban J connectivity index is 1.27. The number of β-lactam (4-membered cyclic amide) rings is 1. The highest BCUT2D eigenvalue weighted by Crippen LogP contribution is 2.43. The molecule has 0 aliphatic carbocycles. The van der Waals surface area contributed by atoms with Crippen LogP contribution in [0.1, 0.15) is 62.6 Å². The van der Waals surface area contributed by atoms with Crippen LogP contribution in [0.4, 0.5) is 5.69 Å². The van der Waals surface area contributed by atoms with Gasteiger partial charge >= 0.3 is 0 Å². The van der Waals surface area contributed by atoms with E-state index >= 15 is 0 Å². The second kappa shape index (κ2) is 14.3. The number of anilines is 1. The predicted molar refractivity (Wildman–Crippen MR) is 158 cm³/mol. The van der Waals surface area contributed by atoms with Gasteiger partial charge in [-0.1, -0.05) is 85.1 Å². The standard InChI is InChI=1S/C33H39N3O3/c1-25(35-39-31(34)19-13-5-3-4-8-14-26-15-9-6-10-16-26)24-30-32(27-17-11-7-12-18-27)36(33(30)37)28-20-22-29(38-2)23-21-28/h6-7,9-12,15-18,20-24,31-32H,3-5,8,13-14,19,34H2,1-2H3. The molecule has 1 aliphatic rings. The molecule has 1 saturated heterocycles. The minimum atomic E-state index is -0.458. The van der Waals surface area contributed by atoms with Gasteiger partial charge in [-0.25, -0.2) is 0 Å². The number of oxime groups is 1. The Morgan fingerprint density at radius 3 is 2.26 bits per heavy atom. The van der Waals surface area contributed by atoms with Crippen LogP contribution in [0.2, 0.25) is 0 Å². The number of benzene rings is 3. The average Bonchev–Trinajstić information content (AvgIpc) is 2.98. The molecule has 6 nitrogen and oxygen atoms in total. The summed E-state index contributed by atoms with van der Waals surface area (Å²) in [5, 5.41) is 4.22. The number of rotatable bonds is 14. The Morgan fingerprint density at radius 1 is 0.923 bits per heavy atom. The number of methoxy groups -OCH3 is 1. The van der Waals surface area contributed by atoms with Crippen LogP contribution in [0.3, 0.4) is 0 Å². The number of allylic oxidation sites excluding steroid dienone is 1. The molecule has 0 radical (unpaired) electrons. The fourth-order valence-electron chi connectivity index (χ4n) is 4.86. The second-order valence-electron chi connectivity index (χ2n) is 9.95. The fraction of sp³-hybridized carbons (Fsp3) is 0.333. The zero-order chi connectivity index (χ0) is 27.5. The summed E-state index contributed by atoms with van der Waals surface area (Å²) in [4.78, 5) is 20.6. The van der Waals surface area contributed by atoms with Crippen LogP contribution in [0, 0.1) is 0 Å². The van der Waals surface area contributed by atoms with Crippen molar-refractivity contribution in [2.45, 2.75) is 64.1 Å². The quantitative estimate of drug-likeness (QED) is 0.0616. The molecule has 1 fully saturated rings. The molecule has 39 heavy (non-hydrogen) atoms. The highest BCUT2D eigenvalue weighted by molar-refractivity contribution is 6.18. The first-order valence-electron chi connectivity index (χ1n) is 13.8. The largest absolute Gasteiger partial charge is 0.497 e. The van der Waals surface area contributed by atoms with E-state index in [2.05, 4.69) is 35.5 Å². The van der Waals surface area contributed by atoms with Gasteiger partial charge < -0.3 is 9.57 Å². The molecule has 1 aliphatic heterocycles. The first-order valence-corrected chi connectivity index (χ1v) is 13.8. The highest BCUT2D eigenvalue weighted by atomic mass is 16.6. The zero-order valence-corrected chi connectivity index (χ0v) is 23.0. The Bertz CT molecular complexity index is 1240. The third-order valence-corrected chi connectivity index (χ3v) is 6.98. The molecule has 2 atom stereocenters. The van der Waals surface area contributed by atoms with Gasteiger partial charge in [0.1, 0.15) is 5.75 Å². The highest BCUT2D eigenvalue weighted by Gasteiger charge is 2.43. The van der Waals surface area contributed by atoms with Gasteiger partial charge in [-0.2, -0.15) is 0 Å². The van der Waals surface area contributed by atoms with Crippen LogP contribution in [0.5, 0.6) is 5.75 Å². The first kappa shape index (κ1) is 28.1. The minimum absolute atomic E-state index is 0.0554. The Morgan fingerprint density at radius 2 is 1.56 bits per heavy atom. The van der Waals surface area contributed by atoms with Crippen LogP contribution in [-0.4, -0.2) is 25.0 Å². The van der Waals surface area contributed by atoms with Crippen molar-refractivity contribution in [3.63, 3.8) is 0 Å². The van der Waals surface area contributed by atoms with Crippen molar-refractivity contribution in [1.82, 2.24) is 0 Å². The summed E-state index contributed by atoms with van der Waals surface area (Å²) >= 11 is 0. The summed E-state index contributed by atoms with van der Waals surface area (Å²) in [5.41, 5.74) is 10.7. The van der Waals surface area contributed by atoms with E-state index in [1.165, 1.54) is 24.8 Å². The summed E-state index contributed by atoms with van der Waals surface area (Å²) in [6.45, 7) is 1.83. The number of hydrogen-bond donors (Lipinski definition) is 1. The van der Waals surface area contributed by atoms with Gasteiger partial charge in [-0.05, 0) is 67.7 Å². The molecule has 1 amide bonds. The van der Waals surface area contributed by atoms with Crippen LogP contribution < -0.4 is 15.4 Å². The number of carbonyl (C=O) groups is 1. The normalized spacial score (nSPS) is 17.2. The maximum absolute atomic E-state index is 13.2. The average molecular weight is 526 g/mol. The van der Waals surface area contributed by atoms with Crippen molar-refractivity contribution in [1.29, 1.82) is 0 Å². The number of nitrogens with two attached hydrogens (primary N) is 1. The van der Waals surface area contributed by atoms with E-state index in [1.54, 1.807) is 18.1 Å². The summed E-state index contributed by atoms with van der Waals surface area (Å²) < 4.78 is 5.27. The molecule has 6 heteroatoms. The van der Waals surface area contributed by atoms with Crippen molar-refractivity contribution in [3.8, 4) is 5.75 Å². The van der Waals surface area contributed by atoms with E-state index < -0.39 is 6.23 Å². The van der Waals surface area contributed by atoms with Gasteiger partial charge in [0.05, 0.1) is 18.9 Å². The Hall–Kier alpha value is -3.90. The topological polar surface area (TPSA) is 77.1 Å². The minimum Gasteiger partial charge on any atom is -0.497 e. The number of nitrogens with zero attached hydrogens (tertiary/aromatic N) is 2. The molecule has 3 aromatic carbocycles. The van der Waals surface area contributed by atoms with E-state index in [9.17, 15) is 4.79 Å². The number of amides is 1. The smallest absolute Gasteiger partial charge is 0.257 e. The molecule has 0 saturated carbocycles. The van der Waals surface area contributed by atoms with E-state index in [4.69, 9.17) is 15.3 Å². The molecule has 0 bridgehead atoms. The van der Waals surface area contributed by atoms with Gasteiger partial charge in [-0.15, -0.1) is 0 Å². The van der Waals surface area contributed by atoms with Gasteiger partial charge in [0.25, 0.3) is 5.91 Å². The van der Waals surface area contributed by atoms with Crippen molar-refractivity contribution < 1.29 is 14.4 Å². The predicted octanol–water partition coefficient (Wildman–Crippen LogP) is 6.97. The molecule has 204 valence electrons. The summed E-state index contributed by atoms with van der Waals surface area (Å²) in [5.74, 6) is 0.693. The van der Waals surface area contributed by atoms with Gasteiger partial charge in [0.2, 0.25) is 0 Å². The van der Waals surface area contributed by atoms with Crippen LogP contribution in [0.25, 0.3) is 0 Å². The van der Waals surface area contributed by atoms with Crippen LogP contribution >= 0.6 is 0 Å². The monoisotopic (exact) mass is 525 g/mol. The lowest BCUT2D eigenvalue weighted by Gasteiger charge is -2.43. The van der Waals surface area contributed by atoms with Gasteiger partial charge in [-0.3, -0.25) is 15.4 Å². The van der Waals surface area contributed by atoms with Gasteiger partial charge in [0.15, 0.2) is 6.23 Å². The van der Waals surface area contributed by atoms with Crippen molar-refractivity contribution >= 4 is 17.3 Å². The van der Waals surface area contributed by atoms with Gasteiger partial charge in [0, 0.05) is 17.7 Å². The lowest BCUT2D eigenvalue weighted by atomic mass is 9.86. The second-order valence-corrected chi connectivity index (χ2v) is 9.95. The van der Waals surface area contributed by atoms with E-state index in [1.807, 2.05) is 61.5 Å². The molecular weight excluding hydrogens is 486 g/mol. The molecule has 0 spiro atoms. The number of hydrogen-bond acceptors (Lipinski definition) is 5. The third-order valence-electron chi connectivity index (χ3n) is 6.98. The fourth-order valence-corrected chi connectivity index (χ4v) is 4.86. The van der Waals surface area contributed by atoms with E-state index in [0.717, 1.165) is 42.7 Å². The van der Waals surface area contributed by atoms with E-state index in [0.29, 0.717) is 11.3 Å². The molecule has 4 rings (SSSR count). The Labute approximate surface area is 232 Å². The number of carbonyl (C=O) groups excluding carboxylic acids is 1. The Kier molecular flexibility index (Phi) is 10.3. The van der Waals surface area contributed by atoms with Crippen LogP contribution in [-0.2, 0) is 16.1 Å². The molecule has 0 aromatic heterocycles. The van der Waals surface area contributed by atoms with E-state index in [-0.39, 0.29) is 11.9 Å². The molecule has 3 aromatic rings. The maximum Gasteiger partial charge on any atom is 0.257 e. The van der Waals surface area contributed by atoms with Crippen LogP contribution in [0.15, 0.2) is 102 Å². The van der Waals surface area contributed by atoms with Crippen molar-refractivity contribution in [3.05, 3.63) is 108 Å². The summed E-state index contributed by atoms with van der Waals surface area (Å²) in [6.07, 6.45) is 9.01. The summed E-state index contributed by atoms with van der Waals surface area (Å²) in [6, 6.07) is 27.9. The van der Waals surface area contributed by atoms with Crippen molar-refractivity contribution in [2.24, 2.45) is 10.9 Å². The number of ether oxygens (including phenoxy) is 1. The lowest BCUT2D eigenvalue weighted by molar-refractivity contribution is -0.119. The first-order chi connectivity index (χ1) is 19.1. The lowest BCUT2D eigenvalue weighted by Crippen LogP contribution is -2.49. The third kappa shape index (κ3) is 7.80. The molecule has 2 N–H and O–H groups in total. The zero-order valence-electron chi connectivity index (χ0n) is 23.0. The molecular formula is C33H39N3O3. The number of unbranched alkanes of at least 4 members (excludes halogenated alkanes) is 4. The molecule has 1 heterocycles. The summed E-state index contributed by atoms with van der Waals surface area (Å²) in [7, 11) is 1.63. The van der Waals surface area contributed by atoms with Crippen molar-refractivity contribution in [2.75, 3.05) is 12.0 Å².